The number of carboxylic acid groups (broad SMARTS) is 1. The highest BCUT2D eigenvalue weighted by molar-refractivity contribution is 5.71. The van der Waals surface area contributed by atoms with Crippen LogP contribution in [0.5, 0.6) is 0 Å². The van der Waals surface area contributed by atoms with Gasteiger partial charge < -0.3 is 10.2 Å². The monoisotopic (exact) mass is 284 g/mol. The Bertz CT molecular complexity index is 632. The van der Waals surface area contributed by atoms with E-state index in [9.17, 15) is 9.90 Å². The molecule has 0 aliphatic carbocycles. The van der Waals surface area contributed by atoms with Gasteiger partial charge in [-0.1, -0.05) is 42.5 Å². The van der Waals surface area contributed by atoms with Gasteiger partial charge >= 0.3 is 5.97 Å². The summed E-state index contributed by atoms with van der Waals surface area (Å²) in [5.74, 6) is -0.755. The average Bonchev–Trinajstić information content (AvgIpc) is 2.49. The number of carbonyl (C=O) groups is 1. The number of aliphatic hydroxyl groups excluding tert-OH is 1. The molecule has 0 fully saturated rings. The van der Waals surface area contributed by atoms with E-state index < -0.39 is 5.97 Å². The van der Waals surface area contributed by atoms with Crippen molar-refractivity contribution in [2.45, 2.75) is 32.8 Å². The second kappa shape index (κ2) is 7.04. The van der Waals surface area contributed by atoms with E-state index in [1.807, 2.05) is 42.5 Å². The summed E-state index contributed by atoms with van der Waals surface area (Å²) in [7, 11) is 0. The van der Waals surface area contributed by atoms with Crippen LogP contribution in [0, 0.1) is 6.92 Å². The van der Waals surface area contributed by atoms with Gasteiger partial charge in [-0.15, -0.1) is 0 Å². The molecule has 0 radical (unpaired) electrons. The summed E-state index contributed by atoms with van der Waals surface area (Å²) in [6.07, 6.45) is 1.59. The second-order valence-corrected chi connectivity index (χ2v) is 5.15. The third-order valence-corrected chi connectivity index (χ3v) is 3.76. The molecule has 0 atom stereocenters. The molecule has 21 heavy (non-hydrogen) atoms. The van der Waals surface area contributed by atoms with E-state index in [2.05, 4.69) is 6.92 Å². The maximum absolute atomic E-state index is 10.6. The zero-order valence-corrected chi connectivity index (χ0v) is 12.2. The summed E-state index contributed by atoms with van der Waals surface area (Å²) in [5.41, 5.74) is 5.37. The van der Waals surface area contributed by atoms with Crippen LogP contribution in [0.4, 0.5) is 0 Å². The lowest BCUT2D eigenvalue weighted by molar-refractivity contribution is -0.137. The van der Waals surface area contributed by atoms with Gasteiger partial charge in [0.2, 0.25) is 0 Å². The molecule has 0 saturated heterocycles. The zero-order valence-electron chi connectivity index (χ0n) is 12.2. The maximum atomic E-state index is 10.6. The number of rotatable bonds is 6. The predicted octanol–water partition coefficient (Wildman–Crippen LogP) is 3.56. The average molecular weight is 284 g/mol. The van der Waals surface area contributed by atoms with E-state index in [0.717, 1.165) is 28.7 Å². The van der Waals surface area contributed by atoms with E-state index in [-0.39, 0.29) is 13.0 Å². The van der Waals surface area contributed by atoms with Gasteiger partial charge in [0, 0.05) is 6.42 Å². The van der Waals surface area contributed by atoms with Crippen molar-refractivity contribution in [2.75, 3.05) is 0 Å². The topological polar surface area (TPSA) is 57.5 Å². The fraction of sp³-hybridized carbons (Fsp3) is 0.278. The molecule has 3 nitrogen and oxygen atoms in total. The van der Waals surface area contributed by atoms with Crippen molar-refractivity contribution in [3.8, 4) is 11.1 Å². The molecular weight excluding hydrogens is 264 g/mol. The van der Waals surface area contributed by atoms with Crippen molar-refractivity contribution in [3.63, 3.8) is 0 Å². The number of benzene rings is 2. The van der Waals surface area contributed by atoms with E-state index in [4.69, 9.17) is 5.11 Å². The smallest absolute Gasteiger partial charge is 0.303 e. The van der Waals surface area contributed by atoms with Crippen LogP contribution >= 0.6 is 0 Å². The van der Waals surface area contributed by atoms with Gasteiger partial charge in [0.15, 0.2) is 0 Å². The third kappa shape index (κ3) is 3.70. The van der Waals surface area contributed by atoms with E-state index in [0.29, 0.717) is 6.42 Å². The van der Waals surface area contributed by atoms with E-state index >= 15 is 0 Å². The molecule has 0 saturated carbocycles. The number of hydrogen-bond donors (Lipinski definition) is 2. The minimum atomic E-state index is -0.755. The summed E-state index contributed by atoms with van der Waals surface area (Å²) in [4.78, 5) is 10.6. The van der Waals surface area contributed by atoms with Gasteiger partial charge in [-0.05, 0) is 47.6 Å². The van der Waals surface area contributed by atoms with Crippen molar-refractivity contribution in [2.24, 2.45) is 0 Å². The number of aryl methyl sites for hydroxylation is 1. The van der Waals surface area contributed by atoms with Gasteiger partial charge in [0.1, 0.15) is 0 Å². The first-order valence-corrected chi connectivity index (χ1v) is 7.13. The quantitative estimate of drug-likeness (QED) is 0.852. The molecule has 2 aromatic rings. The minimum Gasteiger partial charge on any atom is -0.481 e. The van der Waals surface area contributed by atoms with Crippen LogP contribution in [0.15, 0.2) is 42.5 Å². The molecule has 0 heterocycles. The Kier molecular flexibility index (Phi) is 5.12. The lowest BCUT2D eigenvalue weighted by atomic mass is 9.91. The largest absolute Gasteiger partial charge is 0.481 e. The second-order valence-electron chi connectivity index (χ2n) is 5.15. The lowest BCUT2D eigenvalue weighted by Crippen LogP contribution is -1.99. The first kappa shape index (κ1) is 15.3. The Morgan fingerprint density at radius 3 is 2.38 bits per heavy atom. The van der Waals surface area contributed by atoms with Gasteiger partial charge in [0.25, 0.3) is 0 Å². The highest BCUT2D eigenvalue weighted by Gasteiger charge is 2.09. The molecule has 0 spiro atoms. The van der Waals surface area contributed by atoms with Crippen LogP contribution in [0.25, 0.3) is 11.1 Å². The third-order valence-electron chi connectivity index (χ3n) is 3.76. The molecule has 0 aliphatic rings. The van der Waals surface area contributed by atoms with Crippen LogP contribution in [0.2, 0.25) is 0 Å². The molecule has 2 N–H and O–H groups in total. The van der Waals surface area contributed by atoms with Crippen LogP contribution in [0.3, 0.4) is 0 Å². The first-order valence-electron chi connectivity index (χ1n) is 7.13. The molecular formula is C18H20O3. The molecule has 0 aliphatic heterocycles. The van der Waals surface area contributed by atoms with Gasteiger partial charge in [-0.25, -0.2) is 0 Å². The molecule has 0 aromatic heterocycles. The van der Waals surface area contributed by atoms with E-state index in [1.165, 1.54) is 5.56 Å². The van der Waals surface area contributed by atoms with Crippen LogP contribution in [-0.4, -0.2) is 16.2 Å². The maximum Gasteiger partial charge on any atom is 0.303 e. The van der Waals surface area contributed by atoms with Gasteiger partial charge in [-0.2, -0.15) is 0 Å². The highest BCUT2D eigenvalue weighted by atomic mass is 16.4. The molecule has 0 bridgehead atoms. The van der Waals surface area contributed by atoms with Crippen molar-refractivity contribution < 1.29 is 15.0 Å². The fourth-order valence-corrected chi connectivity index (χ4v) is 2.60. The SMILES string of the molecule is Cc1c(CCCC(=O)O)cccc1-c1ccccc1CO. The fourth-order valence-electron chi connectivity index (χ4n) is 2.60. The Hall–Kier alpha value is -2.13. The van der Waals surface area contributed by atoms with Crippen LogP contribution < -0.4 is 0 Å². The Balaban J connectivity index is 2.31. The minimum absolute atomic E-state index is 0.0128. The summed E-state index contributed by atoms with van der Waals surface area (Å²) in [5, 5.41) is 18.2. The predicted molar refractivity (Wildman–Crippen MR) is 83.1 cm³/mol. The first-order chi connectivity index (χ1) is 10.1. The Morgan fingerprint density at radius 1 is 1.00 bits per heavy atom. The zero-order chi connectivity index (χ0) is 15.2. The van der Waals surface area contributed by atoms with Gasteiger partial charge in [0.05, 0.1) is 6.61 Å². The molecule has 2 rings (SSSR count). The van der Waals surface area contributed by atoms with Crippen molar-refractivity contribution >= 4 is 5.97 Å². The lowest BCUT2D eigenvalue weighted by Gasteiger charge is -2.14. The number of aliphatic carboxylic acids is 1. The summed E-state index contributed by atoms with van der Waals surface area (Å²) >= 11 is 0. The number of carboxylic acids is 1. The summed E-state index contributed by atoms with van der Waals surface area (Å²) < 4.78 is 0. The Morgan fingerprint density at radius 2 is 1.67 bits per heavy atom. The van der Waals surface area contributed by atoms with Crippen molar-refractivity contribution in [1.82, 2.24) is 0 Å². The van der Waals surface area contributed by atoms with Crippen LogP contribution in [0.1, 0.15) is 29.5 Å². The molecule has 0 unspecified atom stereocenters. The number of aliphatic hydroxyl groups is 1. The highest BCUT2D eigenvalue weighted by Crippen LogP contribution is 2.29. The summed E-state index contributed by atoms with van der Waals surface area (Å²) in [6, 6.07) is 13.9. The Labute approximate surface area is 124 Å². The molecule has 3 heteroatoms. The molecule has 0 amide bonds. The van der Waals surface area contributed by atoms with E-state index in [1.54, 1.807) is 0 Å². The van der Waals surface area contributed by atoms with Crippen molar-refractivity contribution in [1.29, 1.82) is 0 Å². The molecule has 2 aromatic carbocycles. The molecule has 110 valence electrons. The van der Waals surface area contributed by atoms with Crippen LogP contribution in [-0.2, 0) is 17.8 Å². The van der Waals surface area contributed by atoms with Crippen molar-refractivity contribution in [3.05, 3.63) is 59.2 Å². The van der Waals surface area contributed by atoms with Gasteiger partial charge in [-0.3, -0.25) is 4.79 Å². The summed E-state index contributed by atoms with van der Waals surface area (Å²) in [6.45, 7) is 2.07. The standard InChI is InChI=1S/C18H20O3/c1-13-14(8-5-11-18(20)21)7-4-10-16(13)17-9-3-2-6-15(17)12-19/h2-4,6-7,9-10,19H,5,8,11-12H2,1H3,(H,20,21). The normalized spacial score (nSPS) is 10.6. The number of hydrogen-bond acceptors (Lipinski definition) is 2.